The maximum Gasteiger partial charge on any atom is 0.399 e. The van der Waals surface area contributed by atoms with E-state index in [1.165, 1.54) is 0 Å². The van der Waals surface area contributed by atoms with Crippen molar-refractivity contribution in [2.75, 3.05) is 19.8 Å². The molecule has 0 aromatic rings. The zero-order chi connectivity index (χ0) is 10.8. The molecule has 0 saturated carbocycles. The Bertz CT molecular complexity index is 213. The van der Waals surface area contributed by atoms with E-state index in [0.717, 1.165) is 0 Å². The first-order valence-electron chi connectivity index (χ1n) is 4.02. The second-order valence-electron chi connectivity index (χ2n) is 1.91. The molecule has 0 spiro atoms. The summed E-state index contributed by atoms with van der Waals surface area (Å²) in [6.07, 6.45) is 0. The lowest BCUT2D eigenvalue weighted by Gasteiger charge is -2.13. The Balaban J connectivity index is 3.87. The first-order chi connectivity index (χ1) is 6.74. The molecule has 0 N–H and O–H groups in total. The molecule has 0 aromatic carbocycles. The second-order valence-corrected chi connectivity index (χ2v) is 3.06. The van der Waals surface area contributed by atoms with Crippen LogP contribution in [0.4, 0.5) is 0 Å². The van der Waals surface area contributed by atoms with Gasteiger partial charge in [-0.15, -0.1) is 0 Å². The van der Waals surface area contributed by atoms with E-state index < -0.39 is 14.6 Å². The number of azide groups is 1. The highest BCUT2D eigenvalue weighted by Crippen LogP contribution is 2.39. The van der Waals surface area contributed by atoms with Crippen LogP contribution in [-0.2, 0) is 18.4 Å². The maximum absolute atomic E-state index is 10.9. The molecule has 8 heteroatoms. The standard InChI is InChI=1S/C6H12N3O4P/c1-3-11-14(12-4-2)13-6(10)5-8-9-7/h3-5H2,1-2H3. The molecule has 0 heterocycles. The predicted molar refractivity (Wildman–Crippen MR) is 50.3 cm³/mol. The van der Waals surface area contributed by atoms with Gasteiger partial charge in [-0.05, 0) is 19.4 Å². The van der Waals surface area contributed by atoms with Crippen molar-refractivity contribution in [2.45, 2.75) is 13.8 Å². The molecule has 0 fully saturated rings. The largest absolute Gasteiger partial charge is 0.399 e. The van der Waals surface area contributed by atoms with Crippen LogP contribution >= 0.6 is 8.60 Å². The van der Waals surface area contributed by atoms with E-state index in [1.807, 2.05) is 0 Å². The van der Waals surface area contributed by atoms with Gasteiger partial charge in [0.2, 0.25) is 0 Å². The van der Waals surface area contributed by atoms with Gasteiger partial charge in [0.15, 0.2) is 0 Å². The van der Waals surface area contributed by atoms with Crippen molar-refractivity contribution in [2.24, 2.45) is 5.11 Å². The summed E-state index contributed by atoms with van der Waals surface area (Å²) >= 11 is 0. The van der Waals surface area contributed by atoms with E-state index in [0.29, 0.717) is 13.2 Å². The number of carbonyl (C=O) groups excluding carboxylic acids is 1. The van der Waals surface area contributed by atoms with Crippen molar-refractivity contribution < 1.29 is 18.4 Å². The second kappa shape index (κ2) is 8.72. The Morgan fingerprint density at radius 1 is 1.43 bits per heavy atom. The summed E-state index contributed by atoms with van der Waals surface area (Å²) in [5.41, 5.74) is 7.95. The van der Waals surface area contributed by atoms with Crippen molar-refractivity contribution >= 4 is 14.6 Å². The highest BCUT2D eigenvalue weighted by molar-refractivity contribution is 7.42. The van der Waals surface area contributed by atoms with Gasteiger partial charge in [0.25, 0.3) is 0 Å². The van der Waals surface area contributed by atoms with Crippen LogP contribution in [-0.4, -0.2) is 25.7 Å². The van der Waals surface area contributed by atoms with Gasteiger partial charge in [0, 0.05) is 4.91 Å². The van der Waals surface area contributed by atoms with E-state index in [1.54, 1.807) is 13.8 Å². The van der Waals surface area contributed by atoms with Crippen LogP contribution in [0.25, 0.3) is 10.4 Å². The molecule has 14 heavy (non-hydrogen) atoms. The quantitative estimate of drug-likeness (QED) is 0.285. The van der Waals surface area contributed by atoms with Gasteiger partial charge in [-0.25, -0.2) is 0 Å². The molecule has 0 aliphatic heterocycles. The van der Waals surface area contributed by atoms with E-state index >= 15 is 0 Å². The molecule has 80 valence electrons. The van der Waals surface area contributed by atoms with Gasteiger partial charge in [0.05, 0.1) is 13.2 Å². The molecular weight excluding hydrogens is 209 g/mol. The fourth-order valence-corrected chi connectivity index (χ4v) is 1.33. The minimum atomic E-state index is -1.65. The van der Waals surface area contributed by atoms with Crippen LogP contribution < -0.4 is 0 Å². The highest BCUT2D eigenvalue weighted by Gasteiger charge is 2.16. The first kappa shape index (κ1) is 13.1. The van der Waals surface area contributed by atoms with E-state index in [9.17, 15) is 4.79 Å². The van der Waals surface area contributed by atoms with Crippen molar-refractivity contribution in [1.29, 1.82) is 0 Å². The molecule has 0 aliphatic carbocycles. The maximum atomic E-state index is 10.9. The Kier molecular flexibility index (Phi) is 8.17. The fourth-order valence-electron chi connectivity index (χ4n) is 0.502. The average molecular weight is 221 g/mol. The Morgan fingerprint density at radius 3 is 2.43 bits per heavy atom. The van der Waals surface area contributed by atoms with Crippen molar-refractivity contribution in [1.82, 2.24) is 0 Å². The normalized spacial score (nSPS) is 9.64. The molecule has 0 rings (SSSR count). The minimum absolute atomic E-state index is 0.352. The molecule has 0 amide bonds. The summed E-state index contributed by atoms with van der Waals surface area (Å²) in [5.74, 6) is -0.657. The molecular formula is C6H12N3O4P. The highest BCUT2D eigenvalue weighted by atomic mass is 31.2. The van der Waals surface area contributed by atoms with E-state index in [4.69, 9.17) is 19.1 Å². The SMILES string of the molecule is CCOP(OCC)OC(=O)CN=[N+]=[N-]. The summed E-state index contributed by atoms with van der Waals surface area (Å²) in [6, 6.07) is 0. The predicted octanol–water partition coefficient (Wildman–Crippen LogP) is 2.14. The smallest absolute Gasteiger partial charge is 0.394 e. The molecule has 0 atom stereocenters. The topological polar surface area (TPSA) is 93.5 Å². The van der Waals surface area contributed by atoms with E-state index in [2.05, 4.69) is 10.0 Å². The Labute approximate surface area is 83.0 Å². The molecule has 7 nitrogen and oxygen atoms in total. The van der Waals surface area contributed by atoms with Gasteiger partial charge in [-0.2, -0.15) is 0 Å². The third kappa shape index (κ3) is 6.62. The van der Waals surface area contributed by atoms with Crippen LogP contribution in [0.5, 0.6) is 0 Å². The number of nitrogens with zero attached hydrogens (tertiary/aromatic N) is 3. The third-order valence-electron chi connectivity index (χ3n) is 0.908. The lowest BCUT2D eigenvalue weighted by Crippen LogP contribution is -2.06. The van der Waals surface area contributed by atoms with E-state index in [-0.39, 0.29) is 6.54 Å². The number of carbonyl (C=O) groups is 1. The summed E-state index contributed by atoms with van der Waals surface area (Å²) in [7, 11) is -1.65. The van der Waals surface area contributed by atoms with Crippen LogP contribution in [0.1, 0.15) is 13.8 Å². The van der Waals surface area contributed by atoms with Gasteiger partial charge in [-0.3, -0.25) is 4.79 Å². The summed E-state index contributed by atoms with van der Waals surface area (Å²) < 4.78 is 14.7. The van der Waals surface area contributed by atoms with Gasteiger partial charge in [0.1, 0.15) is 6.54 Å². The zero-order valence-electron chi connectivity index (χ0n) is 8.04. The van der Waals surface area contributed by atoms with Crippen LogP contribution in [0.15, 0.2) is 5.11 Å². The van der Waals surface area contributed by atoms with Crippen molar-refractivity contribution in [3.63, 3.8) is 0 Å². The molecule has 0 bridgehead atoms. The Hall–Kier alpha value is -0.870. The molecule has 0 aliphatic rings. The molecule has 0 aromatic heterocycles. The number of hydrogen-bond donors (Lipinski definition) is 0. The average Bonchev–Trinajstić information content (AvgIpc) is 2.15. The van der Waals surface area contributed by atoms with Crippen LogP contribution in [0.2, 0.25) is 0 Å². The molecule has 0 unspecified atom stereocenters. The summed E-state index contributed by atoms with van der Waals surface area (Å²) in [6.45, 7) is 3.95. The zero-order valence-corrected chi connectivity index (χ0v) is 8.94. The Morgan fingerprint density at radius 2 is 2.00 bits per heavy atom. The first-order valence-corrected chi connectivity index (χ1v) is 5.11. The number of rotatable bonds is 7. The third-order valence-corrected chi connectivity index (χ3v) is 2.20. The van der Waals surface area contributed by atoms with Gasteiger partial charge < -0.3 is 13.6 Å². The fraction of sp³-hybridized carbons (Fsp3) is 0.833. The van der Waals surface area contributed by atoms with Crippen molar-refractivity contribution in [3.8, 4) is 0 Å². The minimum Gasteiger partial charge on any atom is -0.394 e. The van der Waals surface area contributed by atoms with Crippen molar-refractivity contribution in [3.05, 3.63) is 10.4 Å². The molecule has 0 radical (unpaired) electrons. The van der Waals surface area contributed by atoms with Gasteiger partial charge >= 0.3 is 14.6 Å². The van der Waals surface area contributed by atoms with Crippen LogP contribution in [0, 0.1) is 0 Å². The lowest BCUT2D eigenvalue weighted by atomic mass is 10.7. The summed E-state index contributed by atoms with van der Waals surface area (Å²) in [4.78, 5) is 13.4. The number of hydrogen-bond acceptors (Lipinski definition) is 5. The van der Waals surface area contributed by atoms with Gasteiger partial charge in [-0.1, -0.05) is 5.11 Å². The lowest BCUT2D eigenvalue weighted by molar-refractivity contribution is -0.133. The summed E-state index contributed by atoms with van der Waals surface area (Å²) in [5, 5.41) is 3.05. The monoisotopic (exact) mass is 221 g/mol. The molecule has 0 saturated heterocycles. The van der Waals surface area contributed by atoms with Crippen LogP contribution in [0.3, 0.4) is 0 Å².